The molecule has 0 aliphatic rings. The van der Waals surface area contributed by atoms with Crippen LogP contribution in [0.25, 0.3) is 11.3 Å². The summed E-state index contributed by atoms with van der Waals surface area (Å²) in [6, 6.07) is 15.8. The van der Waals surface area contributed by atoms with Gasteiger partial charge in [0, 0.05) is 15.7 Å². The van der Waals surface area contributed by atoms with Gasteiger partial charge < -0.3 is 14.8 Å². The van der Waals surface area contributed by atoms with Crippen LogP contribution >= 0.6 is 39.7 Å². The Hall–Kier alpha value is -2.19. The quantitative estimate of drug-likeness (QED) is 0.474. The normalized spacial score (nSPS) is 10.5. The van der Waals surface area contributed by atoms with Gasteiger partial charge in [-0.15, -0.1) is 0 Å². The van der Waals surface area contributed by atoms with Gasteiger partial charge in [-0.1, -0.05) is 27.5 Å². The molecule has 0 saturated heterocycles. The third-order valence-electron chi connectivity index (χ3n) is 3.64. The smallest absolute Gasteiger partial charge is 0.258 e. The van der Waals surface area contributed by atoms with Gasteiger partial charge >= 0.3 is 0 Å². The van der Waals surface area contributed by atoms with Crippen LogP contribution in [0.3, 0.4) is 0 Å². The van der Waals surface area contributed by atoms with E-state index in [0.29, 0.717) is 27.8 Å². The number of nitrogens with one attached hydrogen (secondary N) is 2. The molecule has 8 heteroatoms. The molecule has 0 fully saturated rings. The van der Waals surface area contributed by atoms with Crippen LogP contribution in [-0.4, -0.2) is 16.1 Å². The molecule has 0 aliphatic carbocycles. The molecule has 3 N–H and O–H groups in total. The number of aliphatic hydroxyl groups is 1. The third-order valence-corrected chi connectivity index (χ3v) is 4.67. The zero-order valence-electron chi connectivity index (χ0n) is 13.8. The van der Waals surface area contributed by atoms with Gasteiger partial charge in [0.25, 0.3) is 5.91 Å². The molecule has 0 saturated carbocycles. The van der Waals surface area contributed by atoms with E-state index in [1.54, 1.807) is 42.5 Å². The lowest BCUT2D eigenvalue weighted by Gasteiger charge is -2.11. The van der Waals surface area contributed by atoms with Crippen LogP contribution in [0.2, 0.25) is 5.02 Å². The van der Waals surface area contributed by atoms with Crippen molar-refractivity contribution in [3.8, 4) is 11.3 Å². The van der Waals surface area contributed by atoms with Crippen LogP contribution in [0.4, 0.5) is 5.69 Å². The van der Waals surface area contributed by atoms with Crippen LogP contribution < -0.4 is 10.6 Å². The maximum absolute atomic E-state index is 12.3. The van der Waals surface area contributed by atoms with E-state index in [4.69, 9.17) is 33.3 Å². The molecule has 0 spiro atoms. The second-order valence-corrected chi connectivity index (χ2v) is 7.26. The summed E-state index contributed by atoms with van der Waals surface area (Å²) in [6.45, 7) is -0.143. The van der Waals surface area contributed by atoms with Crippen LogP contribution in [0, 0.1) is 0 Å². The number of furan rings is 1. The van der Waals surface area contributed by atoms with E-state index < -0.39 is 5.91 Å². The standard InChI is InChI=1S/C19H14BrClN2O3S/c20-12-3-7-16(21)15(9-12)18(25)23-19(27)22-13-4-1-11(2-5-13)17-8-6-14(10-24)26-17/h1-9,24H,10H2,(H2,22,23,25,27). The number of carbonyl (C=O) groups is 1. The molecular formula is C19H14BrClN2O3S. The number of amides is 1. The molecular weight excluding hydrogens is 452 g/mol. The Kier molecular flexibility index (Phi) is 6.28. The Bertz CT molecular complexity index is 989. The first-order valence-electron chi connectivity index (χ1n) is 7.83. The van der Waals surface area contributed by atoms with Gasteiger partial charge in [0.15, 0.2) is 5.11 Å². The van der Waals surface area contributed by atoms with Gasteiger partial charge in [0.2, 0.25) is 0 Å². The fraction of sp³-hybridized carbons (Fsp3) is 0.0526. The van der Waals surface area contributed by atoms with Crippen molar-refractivity contribution in [3.63, 3.8) is 0 Å². The van der Waals surface area contributed by atoms with Crippen molar-refractivity contribution in [2.45, 2.75) is 6.61 Å². The minimum absolute atomic E-state index is 0.143. The van der Waals surface area contributed by atoms with Crippen LogP contribution in [0.15, 0.2) is 63.5 Å². The Morgan fingerprint density at radius 1 is 1.15 bits per heavy atom. The van der Waals surface area contributed by atoms with Crippen LogP contribution in [0.5, 0.6) is 0 Å². The SMILES string of the molecule is O=C(NC(=S)Nc1ccc(-c2ccc(CO)o2)cc1)c1cc(Br)ccc1Cl. The summed E-state index contributed by atoms with van der Waals surface area (Å²) in [4.78, 5) is 12.3. The third kappa shape index (κ3) is 4.95. The highest BCUT2D eigenvalue weighted by molar-refractivity contribution is 9.10. The van der Waals surface area contributed by atoms with E-state index >= 15 is 0 Å². The average molecular weight is 466 g/mol. The molecule has 1 heterocycles. The van der Waals surface area contributed by atoms with Gasteiger partial charge in [-0.2, -0.15) is 0 Å². The highest BCUT2D eigenvalue weighted by Crippen LogP contribution is 2.24. The summed E-state index contributed by atoms with van der Waals surface area (Å²) in [6.07, 6.45) is 0. The molecule has 27 heavy (non-hydrogen) atoms. The molecule has 0 unspecified atom stereocenters. The molecule has 1 aromatic heterocycles. The first-order chi connectivity index (χ1) is 13.0. The molecule has 1 amide bonds. The summed E-state index contributed by atoms with van der Waals surface area (Å²) in [7, 11) is 0. The summed E-state index contributed by atoms with van der Waals surface area (Å²) in [5.41, 5.74) is 1.89. The second-order valence-electron chi connectivity index (χ2n) is 5.53. The maximum Gasteiger partial charge on any atom is 0.258 e. The number of hydrogen-bond acceptors (Lipinski definition) is 4. The lowest BCUT2D eigenvalue weighted by Crippen LogP contribution is -2.34. The number of rotatable bonds is 4. The number of thiocarbonyl (C=S) groups is 1. The zero-order chi connectivity index (χ0) is 19.4. The molecule has 3 rings (SSSR count). The molecule has 5 nitrogen and oxygen atoms in total. The number of anilines is 1. The van der Waals surface area contributed by atoms with Crippen molar-refractivity contribution in [2.75, 3.05) is 5.32 Å². The lowest BCUT2D eigenvalue weighted by atomic mass is 10.1. The first-order valence-corrected chi connectivity index (χ1v) is 9.41. The van der Waals surface area contributed by atoms with Crippen molar-refractivity contribution >= 4 is 56.5 Å². The molecule has 0 atom stereocenters. The summed E-state index contributed by atoms with van der Waals surface area (Å²) in [5.74, 6) is 0.760. The van der Waals surface area contributed by atoms with Gasteiger partial charge in [0.05, 0.1) is 10.6 Å². The fourth-order valence-corrected chi connectivity index (χ4v) is 3.12. The molecule has 3 aromatic rings. The molecule has 0 aliphatic heterocycles. The fourth-order valence-electron chi connectivity index (χ4n) is 2.34. The van der Waals surface area contributed by atoms with Gasteiger partial charge in [0.1, 0.15) is 18.1 Å². The van der Waals surface area contributed by atoms with Crippen LogP contribution in [0.1, 0.15) is 16.1 Å². The Labute approximate surface area is 174 Å². The first kappa shape index (κ1) is 19.6. The highest BCUT2D eigenvalue weighted by Gasteiger charge is 2.13. The Balaban J connectivity index is 1.64. The summed E-state index contributed by atoms with van der Waals surface area (Å²) >= 11 is 14.6. The number of aliphatic hydroxyl groups excluding tert-OH is 1. The monoisotopic (exact) mass is 464 g/mol. The molecule has 2 aromatic carbocycles. The summed E-state index contributed by atoms with van der Waals surface area (Å²) in [5, 5.41) is 15.1. The van der Waals surface area contributed by atoms with E-state index in [2.05, 4.69) is 26.6 Å². The predicted octanol–water partition coefficient (Wildman–Crippen LogP) is 4.98. The average Bonchev–Trinajstić information content (AvgIpc) is 3.13. The molecule has 0 bridgehead atoms. The number of hydrogen-bond donors (Lipinski definition) is 3. The van der Waals surface area contributed by atoms with E-state index in [1.165, 1.54) is 0 Å². The highest BCUT2D eigenvalue weighted by atomic mass is 79.9. The topological polar surface area (TPSA) is 74.5 Å². The number of benzene rings is 2. The Morgan fingerprint density at radius 2 is 1.89 bits per heavy atom. The van der Waals surface area contributed by atoms with Crippen molar-refractivity contribution in [3.05, 3.63) is 75.4 Å². The number of carbonyl (C=O) groups excluding carboxylic acids is 1. The van der Waals surface area contributed by atoms with Gasteiger partial charge in [-0.25, -0.2) is 0 Å². The molecule has 0 radical (unpaired) electrons. The van der Waals surface area contributed by atoms with E-state index in [-0.39, 0.29) is 11.7 Å². The minimum Gasteiger partial charge on any atom is -0.459 e. The largest absolute Gasteiger partial charge is 0.459 e. The predicted molar refractivity (Wildman–Crippen MR) is 113 cm³/mol. The van der Waals surface area contributed by atoms with Crippen LogP contribution in [-0.2, 0) is 6.61 Å². The minimum atomic E-state index is -0.400. The summed E-state index contributed by atoms with van der Waals surface area (Å²) < 4.78 is 6.24. The van der Waals surface area contributed by atoms with Crippen molar-refractivity contribution < 1.29 is 14.3 Å². The lowest BCUT2D eigenvalue weighted by molar-refractivity contribution is 0.0978. The number of halogens is 2. The maximum atomic E-state index is 12.3. The second kappa shape index (κ2) is 8.67. The van der Waals surface area contributed by atoms with E-state index in [9.17, 15) is 4.79 Å². The van der Waals surface area contributed by atoms with Crippen molar-refractivity contribution in [1.29, 1.82) is 0 Å². The van der Waals surface area contributed by atoms with Crippen molar-refractivity contribution in [1.82, 2.24) is 5.32 Å². The van der Waals surface area contributed by atoms with Crippen molar-refractivity contribution in [2.24, 2.45) is 0 Å². The van der Waals surface area contributed by atoms with Gasteiger partial charge in [-0.3, -0.25) is 10.1 Å². The zero-order valence-corrected chi connectivity index (χ0v) is 17.0. The van der Waals surface area contributed by atoms with Gasteiger partial charge in [-0.05, 0) is 66.8 Å². The van der Waals surface area contributed by atoms with E-state index in [0.717, 1.165) is 10.0 Å². The van der Waals surface area contributed by atoms with E-state index in [1.807, 2.05) is 12.1 Å². The Morgan fingerprint density at radius 3 is 2.56 bits per heavy atom. The molecule has 138 valence electrons.